The zero-order valence-electron chi connectivity index (χ0n) is 16.3. The molecule has 0 spiro atoms. The van der Waals surface area contributed by atoms with Gasteiger partial charge in [-0.1, -0.05) is 20.8 Å². The van der Waals surface area contributed by atoms with E-state index in [4.69, 9.17) is 4.74 Å². The van der Waals surface area contributed by atoms with Crippen molar-refractivity contribution in [1.29, 1.82) is 0 Å². The van der Waals surface area contributed by atoms with Crippen LogP contribution in [0.3, 0.4) is 0 Å². The van der Waals surface area contributed by atoms with Gasteiger partial charge in [-0.3, -0.25) is 14.9 Å². The molecule has 3 rings (SSSR count). The van der Waals surface area contributed by atoms with Crippen molar-refractivity contribution in [2.75, 3.05) is 62.3 Å². The predicted molar refractivity (Wildman–Crippen MR) is 104 cm³/mol. The van der Waals surface area contributed by atoms with E-state index in [0.717, 1.165) is 18.8 Å². The van der Waals surface area contributed by atoms with Gasteiger partial charge in [-0.2, -0.15) is 0 Å². The summed E-state index contributed by atoms with van der Waals surface area (Å²) in [6, 6.07) is 5.31. The number of hydrogen-bond donors (Lipinski definition) is 0. The molecular formula is C19H28N4O4. The van der Waals surface area contributed by atoms with Crippen molar-refractivity contribution in [1.82, 2.24) is 4.90 Å². The Bertz CT molecular complexity index is 702. The quantitative estimate of drug-likeness (QED) is 0.594. The molecule has 0 bridgehead atoms. The first-order chi connectivity index (χ1) is 12.8. The molecule has 2 aliphatic heterocycles. The molecule has 2 aliphatic rings. The summed E-state index contributed by atoms with van der Waals surface area (Å²) in [6.07, 6.45) is 0. The minimum absolute atomic E-state index is 0.127. The lowest BCUT2D eigenvalue weighted by Crippen LogP contribution is -2.51. The fourth-order valence-electron chi connectivity index (χ4n) is 3.56. The van der Waals surface area contributed by atoms with Crippen LogP contribution in [-0.4, -0.2) is 68.2 Å². The van der Waals surface area contributed by atoms with Gasteiger partial charge in [-0.25, -0.2) is 0 Å². The third kappa shape index (κ3) is 4.32. The van der Waals surface area contributed by atoms with Crippen LogP contribution in [0.15, 0.2) is 18.2 Å². The van der Waals surface area contributed by atoms with E-state index in [1.54, 1.807) is 6.07 Å². The number of piperazine rings is 1. The van der Waals surface area contributed by atoms with Crippen molar-refractivity contribution < 1.29 is 14.5 Å². The molecule has 0 unspecified atom stereocenters. The molecule has 2 saturated heterocycles. The summed E-state index contributed by atoms with van der Waals surface area (Å²) in [5, 5.41) is 11.5. The highest BCUT2D eigenvalue weighted by Gasteiger charge is 2.30. The van der Waals surface area contributed by atoms with Gasteiger partial charge in [0.05, 0.1) is 18.1 Å². The van der Waals surface area contributed by atoms with E-state index in [2.05, 4.69) is 4.90 Å². The van der Waals surface area contributed by atoms with E-state index in [9.17, 15) is 14.9 Å². The summed E-state index contributed by atoms with van der Waals surface area (Å²) >= 11 is 0. The fourth-order valence-corrected chi connectivity index (χ4v) is 3.56. The second kappa shape index (κ2) is 7.72. The summed E-state index contributed by atoms with van der Waals surface area (Å²) in [5.41, 5.74) is 1.36. The van der Waals surface area contributed by atoms with Gasteiger partial charge in [0.2, 0.25) is 5.91 Å². The highest BCUT2D eigenvalue weighted by atomic mass is 16.6. The molecule has 27 heavy (non-hydrogen) atoms. The number of hydrogen-bond acceptors (Lipinski definition) is 6. The summed E-state index contributed by atoms with van der Waals surface area (Å²) in [5.74, 6) is 0.167. The van der Waals surface area contributed by atoms with Crippen molar-refractivity contribution in [2.24, 2.45) is 5.41 Å². The average Bonchev–Trinajstić information content (AvgIpc) is 2.67. The predicted octanol–water partition coefficient (Wildman–Crippen LogP) is 2.13. The van der Waals surface area contributed by atoms with Crippen LogP contribution in [0.2, 0.25) is 0 Å². The van der Waals surface area contributed by atoms with Gasteiger partial charge < -0.3 is 19.4 Å². The number of carbonyl (C=O) groups excluding carboxylic acids is 1. The van der Waals surface area contributed by atoms with Crippen molar-refractivity contribution in [2.45, 2.75) is 20.8 Å². The van der Waals surface area contributed by atoms with Gasteiger partial charge in [0.15, 0.2) is 0 Å². The molecule has 0 saturated carbocycles. The first kappa shape index (κ1) is 19.4. The van der Waals surface area contributed by atoms with Gasteiger partial charge in [-0.15, -0.1) is 0 Å². The van der Waals surface area contributed by atoms with Gasteiger partial charge >= 0.3 is 0 Å². The van der Waals surface area contributed by atoms with Crippen molar-refractivity contribution >= 4 is 23.0 Å². The molecule has 0 aromatic heterocycles. The molecule has 0 aliphatic carbocycles. The van der Waals surface area contributed by atoms with Crippen molar-refractivity contribution in [3.63, 3.8) is 0 Å². The highest BCUT2D eigenvalue weighted by molar-refractivity contribution is 5.82. The van der Waals surface area contributed by atoms with Crippen LogP contribution in [0.25, 0.3) is 0 Å². The third-order valence-corrected chi connectivity index (χ3v) is 5.08. The van der Waals surface area contributed by atoms with Crippen LogP contribution in [0.4, 0.5) is 17.1 Å². The third-order valence-electron chi connectivity index (χ3n) is 5.08. The van der Waals surface area contributed by atoms with E-state index in [1.807, 2.05) is 42.7 Å². The molecule has 1 aromatic rings. The summed E-state index contributed by atoms with van der Waals surface area (Å²) in [6.45, 7) is 11.1. The van der Waals surface area contributed by atoms with E-state index < -0.39 is 0 Å². The summed E-state index contributed by atoms with van der Waals surface area (Å²) < 4.78 is 5.37. The molecule has 2 heterocycles. The second-order valence-electron chi connectivity index (χ2n) is 8.06. The Balaban J connectivity index is 1.76. The number of anilines is 2. The Morgan fingerprint density at radius 3 is 2.22 bits per heavy atom. The average molecular weight is 376 g/mol. The number of nitro benzene ring substituents is 1. The lowest BCUT2D eigenvalue weighted by Gasteiger charge is -2.39. The summed E-state index contributed by atoms with van der Waals surface area (Å²) in [4.78, 5) is 29.7. The smallest absolute Gasteiger partial charge is 0.292 e. The zero-order chi connectivity index (χ0) is 19.6. The number of ether oxygens (including phenoxy) is 1. The Kier molecular flexibility index (Phi) is 5.55. The number of rotatable bonds is 3. The van der Waals surface area contributed by atoms with Gasteiger partial charge in [0.25, 0.3) is 5.69 Å². The van der Waals surface area contributed by atoms with Crippen LogP contribution in [-0.2, 0) is 9.53 Å². The number of benzene rings is 1. The van der Waals surface area contributed by atoms with Crippen LogP contribution >= 0.6 is 0 Å². The first-order valence-corrected chi connectivity index (χ1v) is 9.43. The molecule has 0 N–H and O–H groups in total. The lowest BCUT2D eigenvalue weighted by atomic mass is 9.94. The molecule has 8 heteroatoms. The van der Waals surface area contributed by atoms with Gasteiger partial charge in [0.1, 0.15) is 5.69 Å². The van der Waals surface area contributed by atoms with Crippen molar-refractivity contribution in [3.8, 4) is 0 Å². The van der Waals surface area contributed by atoms with E-state index >= 15 is 0 Å². The van der Waals surface area contributed by atoms with Crippen LogP contribution in [0.1, 0.15) is 20.8 Å². The van der Waals surface area contributed by atoms with E-state index in [1.165, 1.54) is 0 Å². The highest BCUT2D eigenvalue weighted by Crippen LogP contribution is 2.33. The monoisotopic (exact) mass is 376 g/mol. The Labute approximate surface area is 159 Å². The molecular weight excluding hydrogens is 348 g/mol. The van der Waals surface area contributed by atoms with Crippen LogP contribution < -0.4 is 9.80 Å². The molecule has 148 valence electrons. The standard InChI is InChI=1S/C19H28N4O4/c1-19(2,3)18(24)22-8-6-20(7-9-22)15-4-5-16(23(25)26)17(14-15)21-10-12-27-13-11-21/h4-5,14H,6-13H2,1-3H3. The Morgan fingerprint density at radius 1 is 1.04 bits per heavy atom. The fraction of sp³-hybridized carbons (Fsp3) is 0.632. The largest absolute Gasteiger partial charge is 0.378 e. The van der Waals surface area contributed by atoms with Gasteiger partial charge in [0, 0.05) is 56.4 Å². The maximum atomic E-state index is 12.5. The Morgan fingerprint density at radius 2 is 1.67 bits per heavy atom. The molecule has 0 atom stereocenters. The summed E-state index contributed by atoms with van der Waals surface area (Å²) in [7, 11) is 0. The molecule has 1 aromatic carbocycles. The van der Waals surface area contributed by atoms with Gasteiger partial charge in [-0.05, 0) is 12.1 Å². The number of amides is 1. The minimum Gasteiger partial charge on any atom is -0.378 e. The topological polar surface area (TPSA) is 79.2 Å². The number of carbonyl (C=O) groups is 1. The molecule has 8 nitrogen and oxygen atoms in total. The molecule has 0 radical (unpaired) electrons. The zero-order valence-corrected chi connectivity index (χ0v) is 16.3. The van der Waals surface area contributed by atoms with E-state index in [0.29, 0.717) is 45.1 Å². The second-order valence-corrected chi connectivity index (χ2v) is 8.06. The maximum Gasteiger partial charge on any atom is 0.292 e. The normalized spacial score (nSPS) is 18.6. The van der Waals surface area contributed by atoms with Crippen LogP contribution in [0, 0.1) is 15.5 Å². The lowest BCUT2D eigenvalue weighted by molar-refractivity contribution is -0.384. The SMILES string of the molecule is CC(C)(C)C(=O)N1CCN(c2ccc([N+](=O)[O-])c(N3CCOCC3)c2)CC1. The van der Waals surface area contributed by atoms with Crippen LogP contribution in [0.5, 0.6) is 0 Å². The van der Waals surface area contributed by atoms with Crippen molar-refractivity contribution in [3.05, 3.63) is 28.3 Å². The minimum atomic E-state index is -0.376. The number of nitro groups is 1. The number of morpholine rings is 1. The Hall–Kier alpha value is -2.35. The number of nitrogens with zero attached hydrogens (tertiary/aromatic N) is 4. The molecule has 1 amide bonds. The molecule has 2 fully saturated rings. The maximum absolute atomic E-state index is 12.5. The first-order valence-electron chi connectivity index (χ1n) is 9.43. The van der Waals surface area contributed by atoms with E-state index in [-0.39, 0.29) is 21.9 Å².